The number of nitrogens with one attached hydrogen (secondary N) is 1. The Balaban J connectivity index is 2.05. The number of hydrogen-bond donors (Lipinski definition) is 2. The molecule has 0 spiro atoms. The lowest BCUT2D eigenvalue weighted by atomic mass is 9.90. The fraction of sp³-hybridized carbons (Fsp3) is 0.500. The minimum absolute atomic E-state index is 0.149. The molecule has 0 aliphatic carbocycles. The molecule has 4 heteroatoms. The summed E-state index contributed by atoms with van der Waals surface area (Å²) >= 11 is 5.71. The molecule has 1 aliphatic rings. The zero-order valence-corrected chi connectivity index (χ0v) is 9.67. The van der Waals surface area contributed by atoms with Crippen molar-refractivity contribution in [3.8, 4) is 0 Å². The molecule has 0 amide bonds. The van der Waals surface area contributed by atoms with Crippen LogP contribution in [0.3, 0.4) is 0 Å². The van der Waals surface area contributed by atoms with Crippen LogP contribution in [-0.4, -0.2) is 24.3 Å². The topological polar surface area (TPSA) is 32.3 Å². The Morgan fingerprint density at radius 1 is 1.50 bits per heavy atom. The molecule has 1 aromatic carbocycles. The van der Waals surface area contributed by atoms with Gasteiger partial charge in [0, 0.05) is 12.5 Å². The van der Waals surface area contributed by atoms with Gasteiger partial charge in [0.05, 0.1) is 11.1 Å². The van der Waals surface area contributed by atoms with Crippen LogP contribution >= 0.6 is 11.6 Å². The molecular weight excluding hydrogens is 229 g/mol. The maximum atomic E-state index is 13.0. The number of piperidine rings is 1. The van der Waals surface area contributed by atoms with Crippen LogP contribution in [0, 0.1) is 11.7 Å². The Morgan fingerprint density at radius 2 is 2.31 bits per heavy atom. The molecule has 2 rings (SSSR count). The van der Waals surface area contributed by atoms with E-state index in [9.17, 15) is 9.50 Å². The van der Waals surface area contributed by atoms with Gasteiger partial charge < -0.3 is 10.4 Å². The smallest absolute Gasteiger partial charge is 0.141 e. The average molecular weight is 244 g/mol. The summed E-state index contributed by atoms with van der Waals surface area (Å²) in [6.07, 6.45) is 1.23. The molecule has 1 heterocycles. The molecule has 1 fully saturated rings. The van der Waals surface area contributed by atoms with E-state index in [1.165, 1.54) is 6.07 Å². The van der Waals surface area contributed by atoms with Crippen LogP contribution in [0.1, 0.15) is 12.0 Å². The number of halogens is 2. The van der Waals surface area contributed by atoms with Gasteiger partial charge >= 0.3 is 0 Å². The molecule has 1 aliphatic heterocycles. The van der Waals surface area contributed by atoms with E-state index in [1.807, 2.05) is 0 Å². The lowest BCUT2D eigenvalue weighted by molar-refractivity contribution is 0.0791. The van der Waals surface area contributed by atoms with Crippen LogP contribution in [0.15, 0.2) is 18.2 Å². The first-order chi connectivity index (χ1) is 7.66. The van der Waals surface area contributed by atoms with Gasteiger partial charge in [-0.1, -0.05) is 17.7 Å². The Labute approximate surface area is 99.4 Å². The predicted octanol–water partition coefficient (Wildman–Crippen LogP) is 1.99. The Morgan fingerprint density at radius 3 is 3.00 bits per heavy atom. The number of rotatable bonds is 2. The molecule has 2 atom stereocenters. The molecule has 2 N–H and O–H groups in total. The molecule has 0 radical (unpaired) electrons. The monoisotopic (exact) mass is 243 g/mol. The van der Waals surface area contributed by atoms with E-state index in [-0.39, 0.29) is 17.0 Å². The number of benzene rings is 1. The van der Waals surface area contributed by atoms with Gasteiger partial charge in [0.2, 0.25) is 0 Å². The Kier molecular flexibility index (Phi) is 3.79. The van der Waals surface area contributed by atoms with Crippen molar-refractivity contribution in [1.29, 1.82) is 0 Å². The van der Waals surface area contributed by atoms with Gasteiger partial charge in [0.25, 0.3) is 0 Å². The summed E-state index contributed by atoms with van der Waals surface area (Å²) in [4.78, 5) is 0. The number of aliphatic hydroxyl groups excluding tert-OH is 1. The van der Waals surface area contributed by atoms with Crippen molar-refractivity contribution in [3.05, 3.63) is 34.6 Å². The quantitative estimate of drug-likeness (QED) is 0.833. The second kappa shape index (κ2) is 5.13. The number of aliphatic hydroxyl groups is 1. The van der Waals surface area contributed by atoms with E-state index in [0.29, 0.717) is 0 Å². The highest BCUT2D eigenvalue weighted by Gasteiger charge is 2.22. The first-order valence-corrected chi connectivity index (χ1v) is 5.87. The third-order valence-corrected chi connectivity index (χ3v) is 3.34. The molecule has 0 bridgehead atoms. The third-order valence-electron chi connectivity index (χ3n) is 3.05. The van der Waals surface area contributed by atoms with Crippen LogP contribution in [0.4, 0.5) is 4.39 Å². The molecule has 88 valence electrons. The third kappa shape index (κ3) is 2.73. The molecule has 2 unspecified atom stereocenters. The second-order valence-corrected chi connectivity index (χ2v) is 4.68. The zero-order valence-electron chi connectivity index (χ0n) is 8.92. The first kappa shape index (κ1) is 11.8. The van der Waals surface area contributed by atoms with Crippen molar-refractivity contribution in [3.63, 3.8) is 0 Å². The highest BCUT2D eigenvalue weighted by Crippen LogP contribution is 2.21. The van der Waals surface area contributed by atoms with E-state index in [4.69, 9.17) is 11.6 Å². The molecule has 0 aromatic heterocycles. The minimum Gasteiger partial charge on any atom is -0.393 e. The van der Waals surface area contributed by atoms with Gasteiger partial charge in [-0.15, -0.1) is 0 Å². The van der Waals surface area contributed by atoms with Crippen molar-refractivity contribution < 1.29 is 9.50 Å². The summed E-state index contributed by atoms with van der Waals surface area (Å²) in [6, 6.07) is 4.74. The molecule has 2 nitrogen and oxygen atoms in total. The molecule has 0 saturated carbocycles. The van der Waals surface area contributed by atoms with Crippen LogP contribution < -0.4 is 5.32 Å². The highest BCUT2D eigenvalue weighted by atomic mass is 35.5. The van der Waals surface area contributed by atoms with Crippen LogP contribution in [0.2, 0.25) is 5.02 Å². The minimum atomic E-state index is -0.396. The summed E-state index contributed by atoms with van der Waals surface area (Å²) in [6.45, 7) is 1.66. The van der Waals surface area contributed by atoms with E-state index in [1.54, 1.807) is 12.1 Å². The van der Waals surface area contributed by atoms with Gasteiger partial charge in [-0.2, -0.15) is 0 Å². The summed E-state index contributed by atoms with van der Waals surface area (Å²) in [5.74, 6) is -0.206. The van der Waals surface area contributed by atoms with E-state index < -0.39 is 5.82 Å². The normalized spacial score (nSPS) is 25.7. The summed E-state index contributed by atoms with van der Waals surface area (Å²) < 4.78 is 13.0. The van der Waals surface area contributed by atoms with Crippen LogP contribution in [-0.2, 0) is 6.42 Å². The average Bonchev–Trinajstić information content (AvgIpc) is 2.27. The van der Waals surface area contributed by atoms with E-state index >= 15 is 0 Å². The zero-order chi connectivity index (χ0) is 11.5. The van der Waals surface area contributed by atoms with E-state index in [2.05, 4.69) is 5.32 Å². The fourth-order valence-corrected chi connectivity index (χ4v) is 2.29. The number of hydrogen-bond acceptors (Lipinski definition) is 2. The van der Waals surface area contributed by atoms with Crippen molar-refractivity contribution in [1.82, 2.24) is 5.32 Å². The molecule has 16 heavy (non-hydrogen) atoms. The predicted molar refractivity (Wildman–Crippen MR) is 62.1 cm³/mol. The summed E-state index contributed by atoms with van der Waals surface area (Å²) in [5, 5.41) is 13.2. The van der Waals surface area contributed by atoms with Gasteiger partial charge in [-0.25, -0.2) is 4.39 Å². The van der Waals surface area contributed by atoms with Crippen molar-refractivity contribution in [2.75, 3.05) is 13.1 Å². The van der Waals surface area contributed by atoms with Crippen molar-refractivity contribution in [2.24, 2.45) is 5.92 Å². The summed E-state index contributed by atoms with van der Waals surface area (Å²) in [7, 11) is 0. The second-order valence-electron chi connectivity index (χ2n) is 4.27. The maximum absolute atomic E-state index is 13.0. The standard InChI is InChI=1S/C12H15ClFNO/c13-10-6-8(1-2-11(10)14)5-9-7-15-4-3-12(9)16/h1-2,6,9,12,15-16H,3-5,7H2. The summed E-state index contributed by atoms with van der Waals surface area (Å²) in [5.41, 5.74) is 0.971. The SMILES string of the molecule is OC1CCNCC1Cc1ccc(F)c(Cl)c1. The fourth-order valence-electron chi connectivity index (χ4n) is 2.09. The van der Waals surface area contributed by atoms with Crippen molar-refractivity contribution >= 4 is 11.6 Å². The van der Waals surface area contributed by atoms with Gasteiger partial charge in [0.15, 0.2) is 0 Å². The Bertz CT molecular complexity index is 372. The maximum Gasteiger partial charge on any atom is 0.141 e. The largest absolute Gasteiger partial charge is 0.393 e. The van der Waals surface area contributed by atoms with E-state index in [0.717, 1.165) is 31.5 Å². The lowest BCUT2D eigenvalue weighted by Crippen LogP contribution is -2.40. The molecule has 1 aromatic rings. The molecular formula is C12H15ClFNO. The highest BCUT2D eigenvalue weighted by molar-refractivity contribution is 6.30. The van der Waals surface area contributed by atoms with Crippen LogP contribution in [0.25, 0.3) is 0 Å². The molecule has 1 saturated heterocycles. The van der Waals surface area contributed by atoms with Gasteiger partial charge in [-0.05, 0) is 37.1 Å². The first-order valence-electron chi connectivity index (χ1n) is 5.49. The van der Waals surface area contributed by atoms with Gasteiger partial charge in [-0.3, -0.25) is 0 Å². The van der Waals surface area contributed by atoms with Crippen molar-refractivity contribution in [2.45, 2.75) is 18.9 Å². The lowest BCUT2D eigenvalue weighted by Gasteiger charge is -2.28. The van der Waals surface area contributed by atoms with Crippen LogP contribution in [0.5, 0.6) is 0 Å². The Hall–Kier alpha value is -0.640. The van der Waals surface area contributed by atoms with Gasteiger partial charge in [0.1, 0.15) is 5.82 Å².